The molecule has 0 spiro atoms. The third kappa shape index (κ3) is 3.24. The van der Waals surface area contributed by atoms with Gasteiger partial charge in [0.15, 0.2) is 0 Å². The molecule has 0 unspecified atom stereocenters. The summed E-state index contributed by atoms with van der Waals surface area (Å²) in [6, 6.07) is 6.18. The Morgan fingerprint density at radius 2 is 2.40 bits per heavy atom. The molecule has 0 fully saturated rings. The van der Waals surface area contributed by atoms with Crippen LogP contribution in [0, 0.1) is 17.1 Å². The molecule has 0 saturated carbocycles. The highest BCUT2D eigenvalue weighted by molar-refractivity contribution is 5.62. The van der Waals surface area contributed by atoms with E-state index in [9.17, 15) is 4.39 Å². The normalized spacial score (nSPS) is 10.1. The minimum atomic E-state index is -0.519. The maximum Gasteiger partial charge on any atom is 0.141 e. The lowest BCUT2D eigenvalue weighted by Gasteiger charge is -1.97. The fourth-order valence-electron chi connectivity index (χ4n) is 1.04. The van der Waals surface area contributed by atoms with Crippen LogP contribution in [0.2, 0.25) is 0 Å². The Morgan fingerprint density at radius 3 is 2.93 bits per heavy atom. The summed E-state index contributed by atoms with van der Waals surface area (Å²) >= 11 is 0. The first-order chi connectivity index (χ1) is 7.13. The third-order valence-electron chi connectivity index (χ3n) is 1.74. The van der Waals surface area contributed by atoms with Crippen LogP contribution in [0.4, 0.5) is 4.39 Å². The average molecular weight is 203 g/mol. The molecule has 4 heteroatoms. The maximum atomic E-state index is 13.1. The van der Waals surface area contributed by atoms with Crippen molar-refractivity contribution in [2.24, 2.45) is 10.7 Å². The van der Waals surface area contributed by atoms with Gasteiger partial charge in [0, 0.05) is 12.6 Å². The fourth-order valence-corrected chi connectivity index (χ4v) is 1.04. The molecule has 76 valence electrons. The van der Waals surface area contributed by atoms with Gasteiger partial charge in [-0.3, -0.25) is 0 Å². The van der Waals surface area contributed by atoms with E-state index >= 15 is 0 Å². The van der Waals surface area contributed by atoms with Gasteiger partial charge in [0.25, 0.3) is 0 Å². The zero-order valence-corrected chi connectivity index (χ0v) is 8.07. The first-order valence-electron chi connectivity index (χ1n) is 4.29. The number of benzene rings is 1. The summed E-state index contributed by atoms with van der Waals surface area (Å²) in [5.41, 5.74) is 6.00. The monoisotopic (exact) mass is 203 g/mol. The van der Waals surface area contributed by atoms with E-state index in [1.165, 1.54) is 12.1 Å². The van der Waals surface area contributed by atoms with E-state index in [4.69, 9.17) is 11.0 Å². The van der Waals surface area contributed by atoms with Gasteiger partial charge in [0.05, 0.1) is 5.56 Å². The van der Waals surface area contributed by atoms with Gasteiger partial charge in [-0.2, -0.15) is 5.26 Å². The topological polar surface area (TPSA) is 62.2 Å². The van der Waals surface area contributed by atoms with E-state index in [1.54, 1.807) is 18.4 Å². The highest BCUT2D eigenvalue weighted by Crippen LogP contribution is 2.09. The summed E-state index contributed by atoms with van der Waals surface area (Å²) in [4.78, 5) is 3.76. The fraction of sp³-hybridized carbons (Fsp3) is 0.0909. The van der Waals surface area contributed by atoms with Crippen LogP contribution in [0.3, 0.4) is 0 Å². The van der Waals surface area contributed by atoms with E-state index in [0.717, 1.165) is 5.56 Å². The first-order valence-corrected chi connectivity index (χ1v) is 4.29. The van der Waals surface area contributed by atoms with Crippen LogP contribution in [-0.2, 0) is 6.42 Å². The van der Waals surface area contributed by atoms with Crippen LogP contribution in [-0.4, -0.2) is 6.21 Å². The molecule has 2 N–H and O–H groups in total. The van der Waals surface area contributed by atoms with Gasteiger partial charge >= 0.3 is 0 Å². The number of nitrogens with zero attached hydrogens (tertiary/aromatic N) is 2. The van der Waals surface area contributed by atoms with Crippen molar-refractivity contribution in [2.45, 2.75) is 6.42 Å². The highest BCUT2D eigenvalue weighted by Gasteiger charge is 2.01. The highest BCUT2D eigenvalue weighted by atomic mass is 19.1. The first kappa shape index (κ1) is 10.9. The zero-order valence-electron chi connectivity index (χ0n) is 8.07. The lowest BCUT2D eigenvalue weighted by atomic mass is 10.1. The van der Waals surface area contributed by atoms with Crippen molar-refractivity contribution in [3.05, 3.63) is 47.5 Å². The number of nitriles is 1. The molecule has 0 aliphatic heterocycles. The molecule has 0 aliphatic carbocycles. The van der Waals surface area contributed by atoms with Crippen LogP contribution in [0.5, 0.6) is 0 Å². The number of hydrogen-bond donors (Lipinski definition) is 1. The Hall–Kier alpha value is -2.15. The van der Waals surface area contributed by atoms with Crippen molar-refractivity contribution in [1.82, 2.24) is 0 Å². The SMILES string of the molecule is C=C(N)N=CCc1ccc(C#N)c(F)c1. The molecule has 0 radical (unpaired) electrons. The van der Waals surface area contributed by atoms with E-state index in [0.29, 0.717) is 6.42 Å². The maximum absolute atomic E-state index is 13.1. The number of nitrogens with two attached hydrogens (primary N) is 1. The molecule has 0 aromatic heterocycles. The largest absolute Gasteiger partial charge is 0.384 e. The predicted octanol–water partition coefficient (Wildman–Crippen LogP) is 1.74. The van der Waals surface area contributed by atoms with Crippen molar-refractivity contribution in [3.8, 4) is 6.07 Å². The summed E-state index contributed by atoms with van der Waals surface area (Å²) in [6.45, 7) is 3.39. The van der Waals surface area contributed by atoms with Crippen LogP contribution >= 0.6 is 0 Å². The van der Waals surface area contributed by atoms with E-state index in [-0.39, 0.29) is 11.4 Å². The Bertz CT molecular complexity index is 444. The molecule has 0 atom stereocenters. The van der Waals surface area contributed by atoms with E-state index in [2.05, 4.69) is 11.6 Å². The molecule has 3 nitrogen and oxygen atoms in total. The molecular formula is C11H10FN3. The van der Waals surface area contributed by atoms with Crippen molar-refractivity contribution in [2.75, 3.05) is 0 Å². The van der Waals surface area contributed by atoms with E-state index in [1.807, 2.05) is 0 Å². The minimum Gasteiger partial charge on any atom is -0.384 e. The van der Waals surface area contributed by atoms with Crippen LogP contribution in [0.15, 0.2) is 35.6 Å². The van der Waals surface area contributed by atoms with Crippen molar-refractivity contribution in [1.29, 1.82) is 5.26 Å². The second-order valence-corrected chi connectivity index (χ2v) is 2.93. The zero-order chi connectivity index (χ0) is 11.3. The quantitative estimate of drug-likeness (QED) is 0.760. The van der Waals surface area contributed by atoms with Gasteiger partial charge in [0.2, 0.25) is 0 Å². The van der Waals surface area contributed by atoms with Gasteiger partial charge in [-0.05, 0) is 17.7 Å². The number of hydrogen-bond acceptors (Lipinski definition) is 3. The molecule has 0 heterocycles. The number of halogens is 1. The van der Waals surface area contributed by atoms with Crippen molar-refractivity contribution in [3.63, 3.8) is 0 Å². The standard InChI is InChI=1S/C11H10FN3/c1-8(14)15-5-4-9-2-3-10(7-13)11(12)6-9/h2-3,5-6H,1,4,14H2. The third-order valence-corrected chi connectivity index (χ3v) is 1.74. The lowest BCUT2D eigenvalue weighted by Crippen LogP contribution is -1.94. The molecule has 1 aromatic rings. The van der Waals surface area contributed by atoms with Crippen LogP contribution in [0.25, 0.3) is 0 Å². The minimum absolute atomic E-state index is 0.0407. The van der Waals surface area contributed by atoms with Crippen LogP contribution in [0.1, 0.15) is 11.1 Å². The van der Waals surface area contributed by atoms with Crippen LogP contribution < -0.4 is 5.73 Å². The second kappa shape index (κ2) is 4.91. The smallest absolute Gasteiger partial charge is 0.141 e. The van der Waals surface area contributed by atoms with Gasteiger partial charge < -0.3 is 5.73 Å². The molecule has 15 heavy (non-hydrogen) atoms. The van der Waals surface area contributed by atoms with Gasteiger partial charge in [-0.25, -0.2) is 9.38 Å². The van der Waals surface area contributed by atoms with E-state index < -0.39 is 5.82 Å². The lowest BCUT2D eigenvalue weighted by molar-refractivity contribution is 0.622. The predicted molar refractivity (Wildman–Crippen MR) is 56.6 cm³/mol. The van der Waals surface area contributed by atoms with Crippen molar-refractivity contribution < 1.29 is 4.39 Å². The average Bonchev–Trinajstić information content (AvgIpc) is 2.17. The molecular weight excluding hydrogens is 193 g/mol. The Morgan fingerprint density at radius 1 is 1.67 bits per heavy atom. The summed E-state index contributed by atoms with van der Waals surface area (Å²) in [5, 5.41) is 8.51. The van der Waals surface area contributed by atoms with Crippen molar-refractivity contribution >= 4 is 6.21 Å². The Balaban J connectivity index is 2.77. The van der Waals surface area contributed by atoms with Gasteiger partial charge in [-0.1, -0.05) is 12.6 Å². The molecule has 0 aliphatic rings. The summed E-state index contributed by atoms with van der Waals surface area (Å²) in [6.07, 6.45) is 2.00. The molecule has 0 bridgehead atoms. The second-order valence-electron chi connectivity index (χ2n) is 2.93. The molecule has 0 amide bonds. The summed E-state index contributed by atoms with van der Waals surface area (Å²) in [5.74, 6) is -0.306. The molecule has 1 rings (SSSR count). The summed E-state index contributed by atoms with van der Waals surface area (Å²) < 4.78 is 13.1. The molecule has 0 saturated heterocycles. The van der Waals surface area contributed by atoms with Gasteiger partial charge in [-0.15, -0.1) is 0 Å². The number of aliphatic imine (C=N–C) groups is 1. The number of rotatable bonds is 3. The Kier molecular flexibility index (Phi) is 3.58. The molecule has 1 aromatic carbocycles. The Labute approximate surface area is 87.4 Å². The van der Waals surface area contributed by atoms with Gasteiger partial charge in [0.1, 0.15) is 17.7 Å². The summed E-state index contributed by atoms with van der Waals surface area (Å²) in [7, 11) is 0.